The van der Waals surface area contributed by atoms with Crippen LogP contribution in [0.25, 0.3) is 0 Å². The van der Waals surface area contributed by atoms with Crippen LogP contribution in [0.15, 0.2) is 53.4 Å². The summed E-state index contributed by atoms with van der Waals surface area (Å²) in [6.45, 7) is 1.36. The minimum atomic E-state index is -4.36. The molecule has 0 saturated carbocycles. The maximum Gasteiger partial charge on any atom is 0.406 e. The van der Waals surface area contributed by atoms with Gasteiger partial charge in [-0.2, -0.15) is 13.2 Å². The third kappa shape index (κ3) is 4.45. The van der Waals surface area contributed by atoms with Crippen LogP contribution < -0.4 is 4.90 Å². The van der Waals surface area contributed by atoms with Crippen LogP contribution in [0, 0.1) is 0 Å². The topological polar surface area (TPSA) is 54.5 Å². The number of para-hydroxylation sites is 1. The van der Waals surface area contributed by atoms with Crippen molar-refractivity contribution in [2.45, 2.75) is 45.2 Å². The van der Waals surface area contributed by atoms with Crippen molar-refractivity contribution in [2.24, 2.45) is 0 Å². The lowest BCUT2D eigenvalue weighted by Gasteiger charge is -2.25. The van der Waals surface area contributed by atoms with Gasteiger partial charge in [0, 0.05) is 31.2 Å². The standard InChI is InChI=1S/C22H23F3N4O2/c1-15-11-16-5-3-4-6-18(16)29(15)12-19-17(7-10-31-19)21(30)27(2)13-20-26-8-9-28(20)14-22(23,24)25/h3-10,15H,11-14H2,1-2H3. The van der Waals surface area contributed by atoms with Crippen molar-refractivity contribution in [3.8, 4) is 0 Å². The molecule has 2 aromatic heterocycles. The average molecular weight is 432 g/mol. The molecule has 1 aliphatic rings. The van der Waals surface area contributed by atoms with E-state index >= 15 is 0 Å². The molecule has 0 fully saturated rings. The Kier molecular flexibility index (Phi) is 5.51. The van der Waals surface area contributed by atoms with Crippen LogP contribution >= 0.6 is 0 Å². The lowest BCUT2D eigenvalue weighted by molar-refractivity contribution is -0.141. The van der Waals surface area contributed by atoms with Crippen molar-refractivity contribution in [3.63, 3.8) is 0 Å². The summed E-state index contributed by atoms with van der Waals surface area (Å²) in [7, 11) is 1.54. The molecular weight excluding hydrogens is 409 g/mol. The number of imidazole rings is 1. The normalized spacial score (nSPS) is 15.9. The summed E-state index contributed by atoms with van der Waals surface area (Å²) in [5.41, 5.74) is 2.77. The number of benzene rings is 1. The Labute approximate surface area is 177 Å². The van der Waals surface area contributed by atoms with Gasteiger partial charge in [0.15, 0.2) is 0 Å². The number of anilines is 1. The summed E-state index contributed by atoms with van der Waals surface area (Å²) >= 11 is 0. The minimum absolute atomic E-state index is 0.0461. The van der Waals surface area contributed by atoms with Gasteiger partial charge < -0.3 is 18.8 Å². The molecule has 0 bridgehead atoms. The second kappa shape index (κ2) is 8.13. The number of halogens is 3. The van der Waals surface area contributed by atoms with E-state index in [-0.39, 0.29) is 24.3 Å². The lowest BCUT2D eigenvalue weighted by Crippen LogP contribution is -2.31. The second-order valence-electron chi connectivity index (χ2n) is 7.81. The smallest absolute Gasteiger partial charge is 0.406 e. The molecule has 6 nitrogen and oxygen atoms in total. The van der Waals surface area contributed by atoms with Crippen molar-refractivity contribution >= 4 is 11.6 Å². The van der Waals surface area contributed by atoms with E-state index in [4.69, 9.17) is 4.42 Å². The van der Waals surface area contributed by atoms with Gasteiger partial charge in [0.2, 0.25) is 0 Å². The molecule has 1 aliphatic heterocycles. The number of alkyl halides is 3. The fourth-order valence-electron chi connectivity index (χ4n) is 4.00. The summed E-state index contributed by atoms with van der Waals surface area (Å²) in [5.74, 6) is 0.366. The Bertz CT molecular complexity index is 1070. The molecule has 4 rings (SSSR count). The fraction of sp³-hybridized carbons (Fsp3) is 0.364. The molecule has 0 aliphatic carbocycles. The van der Waals surface area contributed by atoms with Crippen molar-refractivity contribution in [2.75, 3.05) is 11.9 Å². The highest BCUT2D eigenvalue weighted by Crippen LogP contribution is 2.33. The molecule has 1 atom stereocenters. The zero-order valence-electron chi connectivity index (χ0n) is 17.3. The summed E-state index contributed by atoms with van der Waals surface area (Å²) in [6, 6.07) is 10.00. The SMILES string of the molecule is CC1Cc2ccccc2N1Cc1occc1C(=O)N(C)Cc1nccn1CC(F)(F)F. The molecule has 0 saturated heterocycles. The van der Waals surface area contributed by atoms with Gasteiger partial charge in [0.1, 0.15) is 18.1 Å². The van der Waals surface area contributed by atoms with Crippen molar-refractivity contribution in [1.29, 1.82) is 0 Å². The first-order valence-corrected chi connectivity index (χ1v) is 9.96. The molecule has 1 amide bonds. The summed E-state index contributed by atoms with van der Waals surface area (Å²) in [6.07, 6.45) is 0.583. The zero-order valence-corrected chi connectivity index (χ0v) is 17.3. The maximum absolute atomic E-state index is 13.0. The Balaban J connectivity index is 1.49. The third-order valence-corrected chi connectivity index (χ3v) is 5.51. The van der Waals surface area contributed by atoms with Crippen molar-refractivity contribution < 1.29 is 22.4 Å². The number of carbonyl (C=O) groups is 1. The monoisotopic (exact) mass is 432 g/mol. The van der Waals surface area contributed by atoms with Gasteiger partial charge in [-0.3, -0.25) is 4.79 Å². The maximum atomic E-state index is 13.0. The van der Waals surface area contributed by atoms with Crippen LogP contribution in [0.3, 0.4) is 0 Å². The minimum Gasteiger partial charge on any atom is -0.467 e. The first-order chi connectivity index (χ1) is 14.7. The van der Waals surface area contributed by atoms with Gasteiger partial charge in [-0.25, -0.2) is 4.98 Å². The van der Waals surface area contributed by atoms with Crippen molar-refractivity contribution in [1.82, 2.24) is 14.5 Å². The van der Waals surface area contributed by atoms with E-state index in [0.29, 0.717) is 17.9 Å². The molecule has 9 heteroatoms. The molecule has 1 unspecified atom stereocenters. The Morgan fingerprint density at radius 3 is 2.84 bits per heavy atom. The van der Waals surface area contributed by atoms with E-state index in [0.717, 1.165) is 16.7 Å². The molecular formula is C22H23F3N4O2. The number of amides is 1. The highest BCUT2D eigenvalue weighted by atomic mass is 19.4. The van der Waals surface area contributed by atoms with E-state index in [9.17, 15) is 18.0 Å². The van der Waals surface area contributed by atoms with Crippen LogP contribution in [0.4, 0.5) is 18.9 Å². The van der Waals surface area contributed by atoms with Gasteiger partial charge in [-0.05, 0) is 31.0 Å². The molecule has 164 valence electrons. The number of aromatic nitrogens is 2. The number of hydrogen-bond donors (Lipinski definition) is 0. The molecule has 0 N–H and O–H groups in total. The van der Waals surface area contributed by atoms with E-state index < -0.39 is 12.7 Å². The van der Waals surface area contributed by atoms with Gasteiger partial charge in [-0.15, -0.1) is 0 Å². The highest BCUT2D eigenvalue weighted by molar-refractivity contribution is 5.95. The van der Waals surface area contributed by atoms with E-state index in [2.05, 4.69) is 28.9 Å². The summed E-state index contributed by atoms with van der Waals surface area (Å²) < 4.78 is 44.9. The van der Waals surface area contributed by atoms with E-state index in [1.807, 2.05) is 12.1 Å². The predicted molar refractivity (Wildman–Crippen MR) is 109 cm³/mol. The number of furan rings is 1. The van der Waals surface area contributed by atoms with E-state index in [1.54, 1.807) is 13.1 Å². The molecule has 0 radical (unpaired) electrons. The second-order valence-corrected chi connectivity index (χ2v) is 7.81. The lowest BCUT2D eigenvalue weighted by atomic mass is 10.1. The Morgan fingerprint density at radius 2 is 2.06 bits per heavy atom. The van der Waals surface area contributed by atoms with Gasteiger partial charge in [0.25, 0.3) is 5.91 Å². The third-order valence-electron chi connectivity index (χ3n) is 5.51. The number of rotatable bonds is 6. The average Bonchev–Trinajstić information content (AvgIpc) is 3.41. The highest BCUT2D eigenvalue weighted by Gasteiger charge is 2.30. The van der Waals surface area contributed by atoms with Crippen molar-refractivity contribution in [3.05, 3.63) is 71.7 Å². The first-order valence-electron chi connectivity index (χ1n) is 9.96. The van der Waals surface area contributed by atoms with Gasteiger partial charge in [0.05, 0.1) is 24.9 Å². The first kappa shape index (κ1) is 21.0. The van der Waals surface area contributed by atoms with Crippen LogP contribution in [-0.4, -0.2) is 39.6 Å². The van der Waals surface area contributed by atoms with Crippen LogP contribution in [-0.2, 0) is 26.1 Å². The quantitative estimate of drug-likeness (QED) is 0.584. The molecule has 3 aromatic rings. The number of carbonyl (C=O) groups excluding carboxylic acids is 1. The molecule has 3 heterocycles. The van der Waals surface area contributed by atoms with Gasteiger partial charge >= 0.3 is 6.18 Å². The number of hydrogen-bond acceptors (Lipinski definition) is 4. The number of fused-ring (bicyclic) bond motifs is 1. The van der Waals surface area contributed by atoms with Gasteiger partial charge in [-0.1, -0.05) is 18.2 Å². The Morgan fingerprint density at radius 1 is 1.29 bits per heavy atom. The molecule has 0 spiro atoms. The van der Waals surface area contributed by atoms with Crippen LogP contribution in [0.2, 0.25) is 0 Å². The largest absolute Gasteiger partial charge is 0.467 e. The molecule has 1 aromatic carbocycles. The predicted octanol–water partition coefficient (Wildman–Crippen LogP) is 4.26. The van der Waals surface area contributed by atoms with E-state index in [1.165, 1.54) is 29.1 Å². The fourth-order valence-corrected chi connectivity index (χ4v) is 4.00. The Hall–Kier alpha value is -3.23. The van der Waals surface area contributed by atoms with Crippen LogP contribution in [0.5, 0.6) is 0 Å². The van der Waals surface area contributed by atoms with Crippen LogP contribution in [0.1, 0.15) is 34.4 Å². The number of nitrogens with zero attached hydrogens (tertiary/aromatic N) is 4. The summed E-state index contributed by atoms with van der Waals surface area (Å²) in [5, 5.41) is 0. The zero-order chi connectivity index (χ0) is 22.2. The summed E-state index contributed by atoms with van der Waals surface area (Å²) in [4.78, 5) is 20.6. The molecule has 31 heavy (non-hydrogen) atoms.